The van der Waals surface area contributed by atoms with E-state index in [9.17, 15) is 0 Å². The average Bonchev–Trinajstić information content (AvgIpc) is 2.01. The van der Waals surface area contributed by atoms with Crippen molar-refractivity contribution in [2.45, 2.75) is 0 Å². The molecule has 0 aliphatic carbocycles. The third-order valence-corrected chi connectivity index (χ3v) is 2.33. The first-order valence-electron chi connectivity index (χ1n) is 3.59. The first-order valence-corrected chi connectivity index (χ1v) is 5.17. The Morgan fingerprint density at radius 2 is 2.07 bits per heavy atom. The third-order valence-electron chi connectivity index (χ3n) is 1.44. The second kappa shape index (κ2) is 4.72. The van der Waals surface area contributed by atoms with E-state index in [0.29, 0.717) is 10.6 Å². The highest BCUT2D eigenvalue weighted by molar-refractivity contribution is 9.10. The van der Waals surface area contributed by atoms with E-state index in [1.807, 2.05) is 6.07 Å². The fourth-order valence-electron chi connectivity index (χ4n) is 0.876. The number of rotatable bonds is 1. The van der Waals surface area contributed by atoms with Gasteiger partial charge in [-0.15, -0.1) is 0 Å². The number of halogens is 2. The Balaban J connectivity index is 3.14. The first-order chi connectivity index (χ1) is 6.50. The molecule has 0 aliphatic rings. The van der Waals surface area contributed by atoms with Crippen LogP contribution in [0.5, 0.6) is 0 Å². The maximum Gasteiger partial charge on any atom is 0.192 e. The lowest BCUT2D eigenvalue weighted by Gasteiger charge is -2.03. The fraction of sp³-hybridized carbons (Fsp3) is 0. The lowest BCUT2D eigenvalue weighted by molar-refractivity contribution is 1.50. The molecule has 14 heavy (non-hydrogen) atoms. The number of hydrogen-bond acceptors (Lipinski definition) is 1. The summed E-state index contributed by atoms with van der Waals surface area (Å²) < 4.78 is 0.870. The van der Waals surface area contributed by atoms with E-state index < -0.39 is 0 Å². The summed E-state index contributed by atoms with van der Waals surface area (Å²) in [6.07, 6.45) is 0. The molecule has 4 N–H and O–H groups in total. The maximum atomic E-state index is 5.93. The predicted molar refractivity (Wildman–Crippen MR) is 66.7 cm³/mol. The van der Waals surface area contributed by atoms with Gasteiger partial charge in [-0.25, -0.2) is 4.99 Å². The Morgan fingerprint density at radius 3 is 2.57 bits per heavy atom. The van der Waals surface area contributed by atoms with Crippen molar-refractivity contribution < 1.29 is 0 Å². The number of amidine groups is 1. The van der Waals surface area contributed by atoms with E-state index in [0.717, 1.165) is 4.47 Å². The quantitative estimate of drug-likeness (QED) is 0.473. The molecule has 0 atom stereocenters. The van der Waals surface area contributed by atoms with Gasteiger partial charge in [-0.1, -0.05) is 27.5 Å². The molecule has 0 amide bonds. The zero-order chi connectivity index (χ0) is 10.7. The molecular weight excluding hydrogens is 286 g/mol. The summed E-state index contributed by atoms with van der Waals surface area (Å²) in [5, 5.41) is 0.485. The van der Waals surface area contributed by atoms with Gasteiger partial charge < -0.3 is 11.5 Å². The van der Waals surface area contributed by atoms with Gasteiger partial charge in [0.2, 0.25) is 0 Å². The van der Waals surface area contributed by atoms with Crippen molar-refractivity contribution >= 4 is 50.7 Å². The van der Waals surface area contributed by atoms with Crippen molar-refractivity contribution in [1.82, 2.24) is 0 Å². The van der Waals surface area contributed by atoms with Gasteiger partial charge in [0, 0.05) is 10.0 Å². The molecule has 0 aliphatic heterocycles. The molecule has 1 aromatic carbocycles. The Kier molecular flexibility index (Phi) is 3.86. The largest absolute Gasteiger partial charge is 0.383 e. The number of nitrogens with zero attached hydrogens (tertiary/aromatic N) is 1. The number of thiocarbonyl (C=S) groups is 1. The number of benzene rings is 1. The highest BCUT2D eigenvalue weighted by atomic mass is 79.9. The van der Waals surface area contributed by atoms with Crippen LogP contribution in [-0.4, -0.2) is 10.9 Å². The van der Waals surface area contributed by atoms with Crippen LogP contribution in [-0.2, 0) is 0 Å². The van der Waals surface area contributed by atoms with Gasteiger partial charge in [-0.2, -0.15) is 0 Å². The predicted octanol–water partition coefficient (Wildman–Crippen LogP) is 2.05. The lowest BCUT2D eigenvalue weighted by Crippen LogP contribution is -2.18. The van der Waals surface area contributed by atoms with E-state index in [2.05, 4.69) is 33.1 Å². The number of nitrogens with two attached hydrogens (primary N) is 2. The van der Waals surface area contributed by atoms with Crippen LogP contribution >= 0.6 is 39.7 Å². The van der Waals surface area contributed by atoms with Crippen molar-refractivity contribution in [3.8, 4) is 0 Å². The van der Waals surface area contributed by atoms with Crippen LogP contribution in [0.2, 0.25) is 5.02 Å². The Morgan fingerprint density at radius 1 is 1.43 bits per heavy atom. The van der Waals surface area contributed by atoms with Gasteiger partial charge in [-0.05, 0) is 30.4 Å². The topological polar surface area (TPSA) is 64.4 Å². The molecule has 74 valence electrons. The smallest absolute Gasteiger partial charge is 0.192 e. The second-order valence-corrected chi connectivity index (χ2v) is 4.20. The third kappa shape index (κ3) is 2.94. The molecule has 0 radical (unpaired) electrons. The van der Waals surface area contributed by atoms with Crippen LogP contribution in [0.4, 0.5) is 0 Å². The van der Waals surface area contributed by atoms with Crippen LogP contribution in [0.3, 0.4) is 0 Å². The van der Waals surface area contributed by atoms with Gasteiger partial charge >= 0.3 is 0 Å². The molecule has 1 rings (SSSR count). The molecule has 6 heteroatoms. The summed E-state index contributed by atoms with van der Waals surface area (Å²) in [5.41, 5.74) is 11.5. The van der Waals surface area contributed by atoms with Crippen LogP contribution in [0, 0.1) is 0 Å². The standard InChI is InChI=1S/C8H7BrClN3S/c9-4-1-2-5(6(10)3-4)7(11)13-8(12)14/h1-3H,(H4,11,12,13,14). The summed E-state index contributed by atoms with van der Waals surface area (Å²) >= 11 is 13.8. The summed E-state index contributed by atoms with van der Waals surface area (Å²) in [5.74, 6) is 0.218. The fourth-order valence-corrected chi connectivity index (χ4v) is 1.74. The highest BCUT2D eigenvalue weighted by Crippen LogP contribution is 2.20. The molecule has 0 aromatic heterocycles. The van der Waals surface area contributed by atoms with Crippen molar-refractivity contribution in [3.05, 3.63) is 33.3 Å². The maximum absolute atomic E-state index is 5.93. The molecule has 0 spiro atoms. The van der Waals surface area contributed by atoms with Gasteiger partial charge in [-0.3, -0.25) is 0 Å². The van der Waals surface area contributed by atoms with Crippen LogP contribution < -0.4 is 11.5 Å². The van der Waals surface area contributed by atoms with E-state index in [1.54, 1.807) is 12.1 Å². The minimum absolute atomic E-state index is 0.0125. The Hall–Kier alpha value is -0.650. The van der Waals surface area contributed by atoms with Gasteiger partial charge in [0.15, 0.2) is 5.11 Å². The molecule has 0 unspecified atom stereocenters. The van der Waals surface area contributed by atoms with Crippen LogP contribution in [0.25, 0.3) is 0 Å². The van der Waals surface area contributed by atoms with Crippen molar-refractivity contribution in [2.75, 3.05) is 0 Å². The number of aliphatic imine (C=N–C) groups is 1. The highest BCUT2D eigenvalue weighted by Gasteiger charge is 2.05. The van der Waals surface area contributed by atoms with Gasteiger partial charge in [0.25, 0.3) is 0 Å². The number of hydrogen-bond donors (Lipinski definition) is 2. The minimum atomic E-state index is -0.0125. The molecule has 1 aromatic rings. The van der Waals surface area contributed by atoms with E-state index in [1.165, 1.54) is 0 Å². The molecule has 0 fully saturated rings. The van der Waals surface area contributed by atoms with Gasteiger partial charge in [0.1, 0.15) is 5.84 Å². The average molecular weight is 293 g/mol. The van der Waals surface area contributed by atoms with E-state index >= 15 is 0 Å². The molecule has 0 saturated carbocycles. The lowest BCUT2D eigenvalue weighted by atomic mass is 10.2. The van der Waals surface area contributed by atoms with E-state index in [4.69, 9.17) is 23.1 Å². The van der Waals surface area contributed by atoms with E-state index in [-0.39, 0.29) is 10.9 Å². The van der Waals surface area contributed by atoms with Crippen molar-refractivity contribution in [1.29, 1.82) is 0 Å². The first kappa shape index (κ1) is 11.4. The molecule has 3 nitrogen and oxygen atoms in total. The molecule has 0 saturated heterocycles. The second-order valence-electron chi connectivity index (χ2n) is 2.46. The van der Waals surface area contributed by atoms with Crippen LogP contribution in [0.15, 0.2) is 27.7 Å². The van der Waals surface area contributed by atoms with Crippen molar-refractivity contribution in [3.63, 3.8) is 0 Å². The summed E-state index contributed by atoms with van der Waals surface area (Å²) in [7, 11) is 0. The zero-order valence-electron chi connectivity index (χ0n) is 7.00. The minimum Gasteiger partial charge on any atom is -0.383 e. The Bertz CT molecular complexity index is 406. The molecule has 0 heterocycles. The van der Waals surface area contributed by atoms with Crippen molar-refractivity contribution in [2.24, 2.45) is 16.5 Å². The Labute approximate surface area is 100 Å². The van der Waals surface area contributed by atoms with Gasteiger partial charge in [0.05, 0.1) is 5.02 Å². The van der Waals surface area contributed by atoms with Crippen LogP contribution in [0.1, 0.15) is 5.56 Å². The monoisotopic (exact) mass is 291 g/mol. The molecule has 0 bridgehead atoms. The molecular formula is C8H7BrClN3S. The summed E-state index contributed by atoms with van der Waals surface area (Å²) in [6, 6.07) is 5.27. The zero-order valence-corrected chi connectivity index (χ0v) is 10.2. The SMILES string of the molecule is NC(=S)N=C(N)c1ccc(Br)cc1Cl. The normalized spacial score (nSPS) is 11.4. The summed E-state index contributed by atoms with van der Waals surface area (Å²) in [6.45, 7) is 0. The summed E-state index contributed by atoms with van der Waals surface area (Å²) in [4.78, 5) is 3.74.